The van der Waals surface area contributed by atoms with Gasteiger partial charge in [0.05, 0.1) is 5.69 Å². The van der Waals surface area contributed by atoms with Gasteiger partial charge in [-0.05, 0) is 32.9 Å². The van der Waals surface area contributed by atoms with Gasteiger partial charge in [0.1, 0.15) is 0 Å². The van der Waals surface area contributed by atoms with Gasteiger partial charge in [0, 0.05) is 25.3 Å². The molecule has 0 aromatic carbocycles. The van der Waals surface area contributed by atoms with Crippen molar-refractivity contribution in [2.75, 3.05) is 25.5 Å². The van der Waals surface area contributed by atoms with Crippen molar-refractivity contribution in [3.63, 3.8) is 0 Å². The van der Waals surface area contributed by atoms with Crippen molar-refractivity contribution in [3.8, 4) is 0 Å². The predicted octanol–water partition coefficient (Wildman–Crippen LogP) is 1.96. The van der Waals surface area contributed by atoms with Crippen LogP contribution in [0.5, 0.6) is 0 Å². The van der Waals surface area contributed by atoms with Crippen molar-refractivity contribution in [1.29, 1.82) is 0 Å². The minimum absolute atomic E-state index is 0.549. The summed E-state index contributed by atoms with van der Waals surface area (Å²) in [6.45, 7) is 9.87. The molecule has 2 rings (SSSR count). The van der Waals surface area contributed by atoms with E-state index in [0.717, 1.165) is 24.7 Å². The third-order valence-corrected chi connectivity index (χ3v) is 3.18. The number of hydrogen-bond acceptors (Lipinski definition) is 3. The Balaban J connectivity index is 2.04. The van der Waals surface area contributed by atoms with Crippen molar-refractivity contribution in [2.45, 2.75) is 39.8 Å². The maximum absolute atomic E-state index is 4.59. The number of likely N-dealkylation sites (tertiary alicyclic amines) is 1. The second-order valence-corrected chi connectivity index (χ2v) is 5.64. The maximum Gasteiger partial charge on any atom is 0.203 e. The van der Waals surface area contributed by atoms with Crippen LogP contribution < -0.4 is 5.32 Å². The number of hydrogen-bond donors (Lipinski definition) is 1. The van der Waals surface area contributed by atoms with E-state index in [-0.39, 0.29) is 0 Å². The van der Waals surface area contributed by atoms with Crippen molar-refractivity contribution in [1.82, 2.24) is 14.5 Å². The Morgan fingerprint density at radius 3 is 2.88 bits per heavy atom. The fourth-order valence-corrected chi connectivity index (χ4v) is 2.43. The first-order valence-electron chi connectivity index (χ1n) is 6.53. The van der Waals surface area contributed by atoms with Gasteiger partial charge in [-0.2, -0.15) is 0 Å². The van der Waals surface area contributed by atoms with Crippen LogP contribution in [0.4, 0.5) is 5.95 Å². The van der Waals surface area contributed by atoms with Crippen LogP contribution in [0.2, 0.25) is 0 Å². The van der Waals surface area contributed by atoms with Crippen LogP contribution in [0.1, 0.15) is 26.0 Å². The zero-order valence-corrected chi connectivity index (χ0v) is 11.4. The molecule has 4 nitrogen and oxygen atoms in total. The Bertz CT molecular complexity index is 369. The molecule has 0 spiro atoms. The van der Waals surface area contributed by atoms with Crippen molar-refractivity contribution in [2.24, 2.45) is 5.92 Å². The zero-order valence-electron chi connectivity index (χ0n) is 11.4. The maximum atomic E-state index is 4.59. The van der Waals surface area contributed by atoms with E-state index in [1.807, 2.05) is 0 Å². The average Bonchev–Trinajstić information content (AvgIpc) is 2.74. The summed E-state index contributed by atoms with van der Waals surface area (Å²) in [6.07, 6.45) is 3.35. The Kier molecular flexibility index (Phi) is 3.72. The fraction of sp³-hybridized carbons (Fsp3) is 0.769. The Labute approximate surface area is 104 Å². The van der Waals surface area contributed by atoms with E-state index in [0.29, 0.717) is 12.0 Å². The molecule has 1 unspecified atom stereocenters. The molecule has 0 amide bonds. The number of nitrogens with one attached hydrogen (secondary N) is 1. The Hall–Kier alpha value is -1.03. The summed E-state index contributed by atoms with van der Waals surface area (Å²) < 4.78 is 2.25. The lowest BCUT2D eigenvalue weighted by molar-refractivity contribution is 0.413. The number of aryl methyl sites for hydroxylation is 1. The third kappa shape index (κ3) is 3.22. The summed E-state index contributed by atoms with van der Waals surface area (Å²) in [5, 5.41) is 3.58. The van der Waals surface area contributed by atoms with E-state index < -0.39 is 0 Å². The van der Waals surface area contributed by atoms with Crippen molar-refractivity contribution in [3.05, 3.63) is 11.9 Å². The molecule has 1 aromatic rings. The van der Waals surface area contributed by atoms with Crippen molar-refractivity contribution >= 4 is 5.95 Å². The molecule has 96 valence electrons. The normalized spacial score (nSPS) is 21.4. The van der Waals surface area contributed by atoms with E-state index in [1.54, 1.807) is 0 Å². The zero-order chi connectivity index (χ0) is 12.4. The highest BCUT2D eigenvalue weighted by Gasteiger charge is 2.20. The van der Waals surface area contributed by atoms with Crippen LogP contribution in [0.25, 0.3) is 0 Å². The molecule has 1 fully saturated rings. The summed E-state index contributed by atoms with van der Waals surface area (Å²) in [4.78, 5) is 6.95. The topological polar surface area (TPSA) is 33.1 Å². The Morgan fingerprint density at radius 2 is 2.29 bits per heavy atom. The average molecular weight is 236 g/mol. The molecule has 0 radical (unpaired) electrons. The summed E-state index contributed by atoms with van der Waals surface area (Å²) in [5.41, 5.74) is 1.10. The van der Waals surface area contributed by atoms with Gasteiger partial charge in [-0.1, -0.05) is 13.8 Å². The molecule has 2 heterocycles. The number of aromatic nitrogens is 2. The molecule has 1 atom stereocenters. The van der Waals surface area contributed by atoms with Crippen LogP contribution in [0.3, 0.4) is 0 Å². The summed E-state index contributed by atoms with van der Waals surface area (Å²) >= 11 is 0. The summed E-state index contributed by atoms with van der Waals surface area (Å²) in [6, 6.07) is 0.549. The summed E-state index contributed by atoms with van der Waals surface area (Å²) in [7, 11) is 2.17. The quantitative estimate of drug-likeness (QED) is 0.867. The lowest BCUT2D eigenvalue weighted by atomic mass is 10.2. The molecule has 0 saturated carbocycles. The van der Waals surface area contributed by atoms with Gasteiger partial charge < -0.3 is 14.8 Å². The molecule has 1 aromatic heterocycles. The largest absolute Gasteiger partial charge is 0.352 e. The summed E-state index contributed by atoms with van der Waals surface area (Å²) in [5.74, 6) is 1.69. The molecule has 1 aliphatic heterocycles. The number of nitrogens with zero attached hydrogens (tertiary/aromatic N) is 3. The SMILES string of the molecule is Cc1cn(CC(C)C)c(NC2CCN(C)C2)n1. The molecular formula is C13H24N4. The minimum Gasteiger partial charge on any atom is -0.352 e. The van der Waals surface area contributed by atoms with Gasteiger partial charge >= 0.3 is 0 Å². The number of rotatable bonds is 4. The van der Waals surface area contributed by atoms with Gasteiger partial charge in [0.25, 0.3) is 0 Å². The first-order valence-corrected chi connectivity index (χ1v) is 6.53. The molecule has 1 aliphatic rings. The predicted molar refractivity (Wildman–Crippen MR) is 71.3 cm³/mol. The van der Waals surface area contributed by atoms with Crippen LogP contribution in [-0.2, 0) is 6.54 Å². The van der Waals surface area contributed by atoms with Gasteiger partial charge in [0.15, 0.2) is 0 Å². The second-order valence-electron chi connectivity index (χ2n) is 5.64. The van der Waals surface area contributed by atoms with E-state index in [1.165, 1.54) is 13.0 Å². The monoisotopic (exact) mass is 236 g/mol. The number of likely N-dealkylation sites (N-methyl/N-ethyl adjacent to an activating group) is 1. The molecule has 0 bridgehead atoms. The first kappa shape index (κ1) is 12.4. The van der Waals surface area contributed by atoms with E-state index in [4.69, 9.17) is 0 Å². The highest BCUT2D eigenvalue weighted by Crippen LogP contribution is 2.16. The fourth-order valence-electron chi connectivity index (χ4n) is 2.43. The third-order valence-electron chi connectivity index (χ3n) is 3.18. The molecule has 1 N–H and O–H groups in total. The van der Waals surface area contributed by atoms with Crippen LogP contribution >= 0.6 is 0 Å². The van der Waals surface area contributed by atoms with Gasteiger partial charge in [-0.15, -0.1) is 0 Å². The molecule has 4 heteroatoms. The highest BCUT2D eigenvalue weighted by molar-refractivity contribution is 5.31. The standard InChI is InChI=1S/C13H24N4/c1-10(2)7-17-8-11(3)14-13(17)15-12-5-6-16(4)9-12/h8,10,12H,5-7,9H2,1-4H3,(H,14,15). The number of imidazole rings is 1. The van der Waals surface area contributed by atoms with Crippen LogP contribution in [0.15, 0.2) is 6.20 Å². The van der Waals surface area contributed by atoms with Gasteiger partial charge in [-0.25, -0.2) is 4.98 Å². The highest BCUT2D eigenvalue weighted by atomic mass is 15.2. The number of anilines is 1. The van der Waals surface area contributed by atoms with Crippen molar-refractivity contribution < 1.29 is 0 Å². The first-order chi connectivity index (χ1) is 8.04. The van der Waals surface area contributed by atoms with Gasteiger partial charge in [0.2, 0.25) is 5.95 Å². The minimum atomic E-state index is 0.549. The van der Waals surface area contributed by atoms with Crippen LogP contribution in [0, 0.1) is 12.8 Å². The smallest absolute Gasteiger partial charge is 0.203 e. The molecular weight excluding hydrogens is 212 g/mol. The van der Waals surface area contributed by atoms with E-state index >= 15 is 0 Å². The van der Waals surface area contributed by atoms with E-state index in [9.17, 15) is 0 Å². The van der Waals surface area contributed by atoms with E-state index in [2.05, 4.69) is 53.8 Å². The lowest BCUT2D eigenvalue weighted by Gasteiger charge is -2.16. The molecule has 0 aliphatic carbocycles. The Morgan fingerprint density at radius 1 is 1.53 bits per heavy atom. The second kappa shape index (κ2) is 5.08. The van der Waals surface area contributed by atoms with Gasteiger partial charge in [-0.3, -0.25) is 0 Å². The van der Waals surface area contributed by atoms with Crippen LogP contribution in [-0.4, -0.2) is 40.6 Å². The molecule has 1 saturated heterocycles. The lowest BCUT2D eigenvalue weighted by Crippen LogP contribution is -2.25. The molecule has 17 heavy (non-hydrogen) atoms.